The molecular formula is C9H17NO4. The van der Waals surface area contributed by atoms with Gasteiger partial charge in [0.05, 0.1) is 19.3 Å². The van der Waals surface area contributed by atoms with Crippen LogP contribution in [0.5, 0.6) is 0 Å². The summed E-state index contributed by atoms with van der Waals surface area (Å²) in [6.45, 7) is 5.49. The lowest BCUT2D eigenvalue weighted by Gasteiger charge is -2.28. The predicted molar refractivity (Wildman–Crippen MR) is 50.0 cm³/mol. The first kappa shape index (κ1) is 11.3. The van der Waals surface area contributed by atoms with Gasteiger partial charge in [-0.25, -0.2) is 4.79 Å². The van der Waals surface area contributed by atoms with Gasteiger partial charge in [0.25, 0.3) is 0 Å². The van der Waals surface area contributed by atoms with Crippen LogP contribution in [0.1, 0.15) is 13.8 Å². The topological polar surface area (TPSA) is 59.0 Å². The Balaban J connectivity index is 2.33. The number of ether oxygens (including phenoxy) is 2. The minimum atomic E-state index is -0.639. The van der Waals surface area contributed by atoms with E-state index in [0.29, 0.717) is 26.3 Å². The van der Waals surface area contributed by atoms with Crippen LogP contribution in [-0.2, 0) is 9.47 Å². The highest BCUT2D eigenvalue weighted by Crippen LogP contribution is 2.04. The molecule has 1 fully saturated rings. The average Bonchev–Trinajstić information content (AvgIpc) is 2.19. The van der Waals surface area contributed by atoms with Crippen molar-refractivity contribution in [3.63, 3.8) is 0 Å². The zero-order valence-corrected chi connectivity index (χ0v) is 8.60. The molecule has 1 amide bonds. The minimum Gasteiger partial charge on any atom is -0.444 e. The molecule has 1 rings (SSSR count). The van der Waals surface area contributed by atoms with Gasteiger partial charge in [0.15, 0.2) is 0 Å². The Morgan fingerprint density at radius 2 is 2.00 bits per heavy atom. The highest BCUT2D eigenvalue weighted by Gasteiger charge is 2.21. The number of carbonyl (C=O) groups is 1. The maximum absolute atomic E-state index is 11.4. The standard InChI is InChI=1S/C9H17NO4/c1-7(11)8(2)14-9(12)10-3-5-13-6-4-10/h7-8,11H,3-6H2,1-2H3/t7-,8-/m0/s1. The van der Waals surface area contributed by atoms with Gasteiger partial charge in [-0.05, 0) is 13.8 Å². The molecule has 1 heterocycles. The van der Waals surface area contributed by atoms with Crippen molar-refractivity contribution in [2.45, 2.75) is 26.1 Å². The van der Waals surface area contributed by atoms with Crippen molar-refractivity contribution in [1.82, 2.24) is 4.90 Å². The molecule has 0 unspecified atom stereocenters. The Morgan fingerprint density at radius 3 is 2.50 bits per heavy atom. The summed E-state index contributed by atoms with van der Waals surface area (Å²) in [5.74, 6) is 0. The van der Waals surface area contributed by atoms with E-state index in [0.717, 1.165) is 0 Å². The molecule has 82 valence electrons. The molecule has 5 heteroatoms. The third kappa shape index (κ3) is 3.16. The molecule has 5 nitrogen and oxygen atoms in total. The Morgan fingerprint density at radius 1 is 1.43 bits per heavy atom. The lowest BCUT2D eigenvalue weighted by atomic mass is 10.3. The second kappa shape index (κ2) is 5.17. The number of hydrogen-bond acceptors (Lipinski definition) is 4. The van der Waals surface area contributed by atoms with Crippen LogP contribution < -0.4 is 0 Å². The average molecular weight is 203 g/mol. The molecule has 1 N–H and O–H groups in total. The van der Waals surface area contributed by atoms with E-state index in [9.17, 15) is 4.79 Å². The van der Waals surface area contributed by atoms with E-state index in [4.69, 9.17) is 14.6 Å². The normalized spacial score (nSPS) is 21.5. The molecule has 1 aliphatic rings. The molecule has 14 heavy (non-hydrogen) atoms. The Bertz CT molecular complexity index is 189. The van der Waals surface area contributed by atoms with Crippen molar-refractivity contribution >= 4 is 6.09 Å². The second-order valence-electron chi connectivity index (χ2n) is 3.43. The van der Waals surface area contributed by atoms with Crippen LogP contribution in [-0.4, -0.2) is 54.6 Å². The largest absolute Gasteiger partial charge is 0.444 e. The summed E-state index contributed by atoms with van der Waals surface area (Å²) in [7, 11) is 0. The van der Waals surface area contributed by atoms with E-state index in [1.165, 1.54) is 0 Å². The third-order valence-corrected chi connectivity index (χ3v) is 2.24. The fourth-order valence-corrected chi connectivity index (χ4v) is 1.08. The van der Waals surface area contributed by atoms with Gasteiger partial charge in [-0.15, -0.1) is 0 Å². The van der Waals surface area contributed by atoms with Crippen LogP contribution >= 0.6 is 0 Å². The van der Waals surface area contributed by atoms with E-state index in [1.807, 2.05) is 0 Å². The number of nitrogens with zero attached hydrogens (tertiary/aromatic N) is 1. The third-order valence-electron chi connectivity index (χ3n) is 2.24. The molecule has 1 saturated heterocycles. The molecule has 0 bridgehead atoms. The maximum atomic E-state index is 11.4. The Labute approximate surface area is 83.6 Å². The van der Waals surface area contributed by atoms with E-state index >= 15 is 0 Å². The van der Waals surface area contributed by atoms with Crippen LogP contribution in [0.15, 0.2) is 0 Å². The lowest BCUT2D eigenvalue weighted by molar-refractivity contribution is -0.0148. The van der Waals surface area contributed by atoms with Crippen LogP contribution in [0.4, 0.5) is 4.79 Å². The van der Waals surface area contributed by atoms with Crippen molar-refractivity contribution in [3.05, 3.63) is 0 Å². The van der Waals surface area contributed by atoms with E-state index in [1.54, 1.807) is 18.7 Å². The van der Waals surface area contributed by atoms with Gasteiger partial charge in [-0.2, -0.15) is 0 Å². The van der Waals surface area contributed by atoms with Gasteiger partial charge in [0, 0.05) is 13.1 Å². The Kier molecular flexibility index (Phi) is 4.16. The molecule has 0 spiro atoms. The lowest BCUT2D eigenvalue weighted by Crippen LogP contribution is -2.43. The number of aliphatic hydroxyl groups excluding tert-OH is 1. The number of hydrogen-bond donors (Lipinski definition) is 1. The number of carbonyl (C=O) groups excluding carboxylic acids is 1. The maximum Gasteiger partial charge on any atom is 0.410 e. The minimum absolute atomic E-state index is 0.373. The highest BCUT2D eigenvalue weighted by atomic mass is 16.6. The first-order valence-corrected chi connectivity index (χ1v) is 4.82. The van der Waals surface area contributed by atoms with Crippen molar-refractivity contribution < 1.29 is 19.4 Å². The SMILES string of the molecule is C[C@H](O)[C@H](C)OC(=O)N1CCOCC1. The highest BCUT2D eigenvalue weighted by molar-refractivity contribution is 5.67. The second-order valence-corrected chi connectivity index (χ2v) is 3.43. The van der Waals surface area contributed by atoms with E-state index in [2.05, 4.69) is 0 Å². The quantitative estimate of drug-likeness (QED) is 0.697. The molecule has 0 saturated carbocycles. The zero-order valence-electron chi connectivity index (χ0n) is 8.60. The molecule has 0 aromatic heterocycles. The summed E-state index contributed by atoms with van der Waals surface area (Å²) in [6, 6.07) is 0. The van der Waals surface area contributed by atoms with Gasteiger partial charge in [-0.1, -0.05) is 0 Å². The Hall–Kier alpha value is -0.810. The fraction of sp³-hybridized carbons (Fsp3) is 0.889. The summed E-state index contributed by atoms with van der Waals surface area (Å²) in [5, 5.41) is 9.15. The fourth-order valence-electron chi connectivity index (χ4n) is 1.08. The number of amides is 1. The number of aliphatic hydroxyl groups is 1. The van der Waals surface area contributed by atoms with Crippen molar-refractivity contribution in [2.24, 2.45) is 0 Å². The molecule has 0 aromatic rings. The first-order valence-electron chi connectivity index (χ1n) is 4.82. The molecule has 0 radical (unpaired) electrons. The molecule has 0 aliphatic carbocycles. The van der Waals surface area contributed by atoms with Gasteiger partial charge >= 0.3 is 6.09 Å². The molecular weight excluding hydrogens is 186 g/mol. The summed E-state index contributed by atoms with van der Waals surface area (Å²) in [6.07, 6.45) is -1.48. The monoisotopic (exact) mass is 203 g/mol. The first-order chi connectivity index (χ1) is 6.61. The van der Waals surface area contributed by atoms with Crippen LogP contribution in [0.25, 0.3) is 0 Å². The van der Waals surface area contributed by atoms with Gasteiger partial charge < -0.3 is 19.5 Å². The summed E-state index contributed by atoms with van der Waals surface area (Å²) < 4.78 is 10.1. The van der Waals surface area contributed by atoms with Gasteiger partial charge in [-0.3, -0.25) is 0 Å². The molecule has 1 aliphatic heterocycles. The van der Waals surface area contributed by atoms with Crippen LogP contribution in [0, 0.1) is 0 Å². The summed E-state index contributed by atoms with van der Waals surface area (Å²) >= 11 is 0. The van der Waals surface area contributed by atoms with E-state index in [-0.39, 0.29) is 6.09 Å². The van der Waals surface area contributed by atoms with Crippen molar-refractivity contribution in [3.8, 4) is 0 Å². The van der Waals surface area contributed by atoms with Crippen LogP contribution in [0.3, 0.4) is 0 Å². The van der Waals surface area contributed by atoms with Crippen molar-refractivity contribution in [1.29, 1.82) is 0 Å². The molecule has 0 aromatic carbocycles. The number of rotatable bonds is 2. The predicted octanol–water partition coefficient (Wildman–Crippen LogP) is 0.224. The summed E-state index contributed by atoms with van der Waals surface area (Å²) in [4.78, 5) is 13.0. The smallest absolute Gasteiger partial charge is 0.410 e. The van der Waals surface area contributed by atoms with Crippen molar-refractivity contribution in [2.75, 3.05) is 26.3 Å². The van der Waals surface area contributed by atoms with Gasteiger partial charge in [0.1, 0.15) is 6.10 Å². The summed E-state index contributed by atoms with van der Waals surface area (Å²) in [5.41, 5.74) is 0. The molecule has 2 atom stereocenters. The van der Waals surface area contributed by atoms with E-state index < -0.39 is 12.2 Å². The van der Waals surface area contributed by atoms with Gasteiger partial charge in [0.2, 0.25) is 0 Å². The van der Waals surface area contributed by atoms with Crippen LogP contribution in [0.2, 0.25) is 0 Å². The number of morpholine rings is 1. The zero-order chi connectivity index (χ0) is 10.6.